The van der Waals surface area contributed by atoms with E-state index in [1.807, 2.05) is 7.05 Å². The monoisotopic (exact) mass is 288 g/mol. The van der Waals surface area contributed by atoms with Crippen LogP contribution >= 0.6 is 11.6 Å². The maximum atomic E-state index is 12.9. The molecule has 0 aromatic heterocycles. The van der Waals surface area contributed by atoms with Crippen LogP contribution < -0.4 is 10.1 Å². The molecule has 1 rings (SSSR count). The van der Waals surface area contributed by atoms with Gasteiger partial charge in [-0.25, -0.2) is 4.39 Å². The minimum Gasteiger partial charge on any atom is -0.479 e. The van der Waals surface area contributed by atoms with Crippen LogP contribution in [0.4, 0.5) is 4.39 Å². The lowest BCUT2D eigenvalue weighted by atomic mass is 10.3. The molecule has 1 unspecified atom stereocenters. The van der Waals surface area contributed by atoms with Crippen molar-refractivity contribution in [2.24, 2.45) is 0 Å². The predicted octanol–water partition coefficient (Wildman–Crippen LogP) is 1.92. The van der Waals surface area contributed by atoms with Crippen LogP contribution in [0.3, 0.4) is 0 Å². The molecule has 19 heavy (non-hydrogen) atoms. The second-order valence-corrected chi connectivity index (χ2v) is 4.61. The molecule has 0 radical (unpaired) electrons. The van der Waals surface area contributed by atoms with Gasteiger partial charge in [-0.15, -0.1) is 0 Å². The zero-order chi connectivity index (χ0) is 14.4. The third kappa shape index (κ3) is 4.69. The number of halogens is 2. The zero-order valence-electron chi connectivity index (χ0n) is 11.2. The molecular weight excluding hydrogens is 271 g/mol. The molecular formula is C13H18ClFN2O2. The van der Waals surface area contributed by atoms with E-state index in [4.69, 9.17) is 16.3 Å². The van der Waals surface area contributed by atoms with Crippen molar-refractivity contribution < 1.29 is 13.9 Å². The summed E-state index contributed by atoms with van der Waals surface area (Å²) in [5.41, 5.74) is 0. The van der Waals surface area contributed by atoms with Gasteiger partial charge in [-0.2, -0.15) is 0 Å². The van der Waals surface area contributed by atoms with Gasteiger partial charge in [0.15, 0.2) is 6.10 Å². The number of ether oxygens (including phenoxy) is 1. The third-order valence-corrected chi connectivity index (χ3v) is 2.91. The molecule has 1 atom stereocenters. The minimum absolute atomic E-state index is 0.150. The summed E-state index contributed by atoms with van der Waals surface area (Å²) in [6.45, 7) is 2.92. The highest BCUT2D eigenvalue weighted by atomic mass is 35.5. The SMILES string of the molecule is CNCCN(C)C(=O)C(C)Oc1ccc(F)cc1Cl. The molecule has 0 spiro atoms. The average Bonchev–Trinajstić information content (AvgIpc) is 2.38. The van der Waals surface area contributed by atoms with E-state index in [9.17, 15) is 9.18 Å². The van der Waals surface area contributed by atoms with Crippen molar-refractivity contribution in [3.8, 4) is 5.75 Å². The molecule has 0 fully saturated rings. The van der Waals surface area contributed by atoms with E-state index in [0.29, 0.717) is 18.8 Å². The second kappa shape index (κ2) is 7.31. The Hall–Kier alpha value is -1.33. The van der Waals surface area contributed by atoms with Gasteiger partial charge in [0.25, 0.3) is 5.91 Å². The molecule has 106 valence electrons. The number of carbonyl (C=O) groups excluding carboxylic acids is 1. The van der Waals surface area contributed by atoms with Crippen molar-refractivity contribution in [2.45, 2.75) is 13.0 Å². The van der Waals surface area contributed by atoms with Crippen molar-refractivity contribution in [3.63, 3.8) is 0 Å². The second-order valence-electron chi connectivity index (χ2n) is 4.20. The quantitative estimate of drug-likeness (QED) is 0.870. The number of hydrogen-bond acceptors (Lipinski definition) is 3. The maximum Gasteiger partial charge on any atom is 0.263 e. The van der Waals surface area contributed by atoms with Crippen molar-refractivity contribution in [2.75, 3.05) is 27.2 Å². The van der Waals surface area contributed by atoms with Gasteiger partial charge in [0.05, 0.1) is 5.02 Å². The number of nitrogens with zero attached hydrogens (tertiary/aromatic N) is 1. The molecule has 4 nitrogen and oxygen atoms in total. The number of amides is 1. The third-order valence-electron chi connectivity index (χ3n) is 2.62. The fourth-order valence-corrected chi connectivity index (χ4v) is 1.72. The molecule has 1 aromatic carbocycles. The Morgan fingerprint density at radius 1 is 1.58 bits per heavy atom. The first-order valence-corrected chi connectivity index (χ1v) is 6.34. The van der Waals surface area contributed by atoms with E-state index in [0.717, 1.165) is 6.07 Å². The van der Waals surface area contributed by atoms with Crippen LogP contribution in [0, 0.1) is 5.82 Å². The van der Waals surface area contributed by atoms with Crippen LogP contribution in [-0.4, -0.2) is 44.1 Å². The smallest absolute Gasteiger partial charge is 0.263 e. The first kappa shape index (κ1) is 15.7. The van der Waals surface area contributed by atoms with Crippen LogP contribution in [-0.2, 0) is 4.79 Å². The van der Waals surface area contributed by atoms with Crippen LogP contribution in [0.25, 0.3) is 0 Å². The number of benzene rings is 1. The number of hydrogen-bond donors (Lipinski definition) is 1. The zero-order valence-corrected chi connectivity index (χ0v) is 12.0. The van der Waals surface area contributed by atoms with E-state index >= 15 is 0 Å². The average molecular weight is 289 g/mol. The van der Waals surface area contributed by atoms with Crippen molar-refractivity contribution in [1.82, 2.24) is 10.2 Å². The molecule has 0 saturated heterocycles. The summed E-state index contributed by atoms with van der Waals surface area (Å²) < 4.78 is 18.3. The molecule has 6 heteroatoms. The Labute approximate surface area is 117 Å². The number of likely N-dealkylation sites (N-methyl/N-ethyl adjacent to an activating group) is 2. The summed E-state index contributed by atoms with van der Waals surface area (Å²) in [5.74, 6) is -0.302. The molecule has 1 N–H and O–H groups in total. The molecule has 0 aliphatic carbocycles. The first-order chi connectivity index (χ1) is 8.95. The van der Waals surface area contributed by atoms with Gasteiger partial charge in [0.2, 0.25) is 0 Å². The van der Waals surface area contributed by atoms with Crippen LogP contribution in [0.1, 0.15) is 6.92 Å². The Bertz CT molecular complexity index is 443. The van der Waals surface area contributed by atoms with Crippen LogP contribution in [0.2, 0.25) is 5.02 Å². The molecule has 1 aromatic rings. The normalized spacial score (nSPS) is 12.1. The minimum atomic E-state index is -0.676. The Kier molecular flexibility index (Phi) is 6.05. The number of carbonyl (C=O) groups is 1. The maximum absolute atomic E-state index is 12.9. The van der Waals surface area contributed by atoms with Gasteiger partial charge >= 0.3 is 0 Å². The summed E-state index contributed by atoms with van der Waals surface area (Å²) in [6.07, 6.45) is -0.676. The topological polar surface area (TPSA) is 41.6 Å². The van der Waals surface area contributed by atoms with Crippen LogP contribution in [0.15, 0.2) is 18.2 Å². The predicted molar refractivity (Wildman–Crippen MR) is 73.1 cm³/mol. The highest BCUT2D eigenvalue weighted by Crippen LogP contribution is 2.26. The summed E-state index contributed by atoms with van der Waals surface area (Å²) in [6, 6.07) is 3.80. The first-order valence-electron chi connectivity index (χ1n) is 5.97. The lowest BCUT2D eigenvalue weighted by Crippen LogP contribution is -2.40. The van der Waals surface area contributed by atoms with E-state index in [1.54, 1.807) is 18.9 Å². The van der Waals surface area contributed by atoms with Gasteiger partial charge in [-0.3, -0.25) is 4.79 Å². The lowest BCUT2D eigenvalue weighted by Gasteiger charge is -2.22. The highest BCUT2D eigenvalue weighted by Gasteiger charge is 2.19. The molecule has 0 saturated carbocycles. The largest absolute Gasteiger partial charge is 0.479 e. The van der Waals surface area contributed by atoms with Crippen molar-refractivity contribution in [3.05, 3.63) is 29.0 Å². The Morgan fingerprint density at radius 3 is 2.84 bits per heavy atom. The summed E-state index contributed by atoms with van der Waals surface area (Å²) in [5, 5.41) is 3.11. The molecule has 0 aliphatic heterocycles. The Balaban J connectivity index is 2.63. The molecule has 0 heterocycles. The molecule has 1 amide bonds. The molecule has 0 aliphatic rings. The van der Waals surface area contributed by atoms with E-state index < -0.39 is 11.9 Å². The van der Waals surface area contributed by atoms with E-state index in [-0.39, 0.29) is 10.9 Å². The lowest BCUT2D eigenvalue weighted by molar-refractivity contribution is -0.136. The summed E-state index contributed by atoms with van der Waals surface area (Å²) >= 11 is 5.84. The van der Waals surface area contributed by atoms with Crippen LogP contribution in [0.5, 0.6) is 5.75 Å². The van der Waals surface area contributed by atoms with Gasteiger partial charge in [-0.1, -0.05) is 11.6 Å². The van der Waals surface area contributed by atoms with Gasteiger partial charge in [0, 0.05) is 20.1 Å². The van der Waals surface area contributed by atoms with Crippen molar-refractivity contribution >= 4 is 17.5 Å². The summed E-state index contributed by atoms with van der Waals surface area (Å²) in [7, 11) is 3.52. The van der Waals surface area contributed by atoms with E-state index in [1.165, 1.54) is 12.1 Å². The highest BCUT2D eigenvalue weighted by molar-refractivity contribution is 6.32. The Morgan fingerprint density at radius 2 is 2.26 bits per heavy atom. The van der Waals surface area contributed by atoms with Gasteiger partial charge in [0.1, 0.15) is 11.6 Å². The van der Waals surface area contributed by atoms with E-state index in [2.05, 4.69) is 5.32 Å². The number of rotatable bonds is 6. The fraction of sp³-hybridized carbons (Fsp3) is 0.462. The molecule has 0 bridgehead atoms. The van der Waals surface area contributed by atoms with Gasteiger partial charge in [-0.05, 0) is 32.2 Å². The van der Waals surface area contributed by atoms with Crippen molar-refractivity contribution in [1.29, 1.82) is 0 Å². The number of nitrogens with one attached hydrogen (secondary N) is 1. The van der Waals surface area contributed by atoms with Gasteiger partial charge < -0.3 is 15.0 Å². The summed E-state index contributed by atoms with van der Waals surface area (Å²) in [4.78, 5) is 13.6. The standard InChI is InChI=1S/C13H18ClFN2O2/c1-9(13(18)17(3)7-6-16-2)19-12-5-4-10(15)8-11(12)14/h4-5,8-9,16H,6-7H2,1-3H3. The fourth-order valence-electron chi connectivity index (χ4n) is 1.51.